The van der Waals surface area contributed by atoms with Crippen molar-refractivity contribution in [2.24, 2.45) is 0 Å². The van der Waals surface area contributed by atoms with Crippen molar-refractivity contribution < 1.29 is 70.5 Å². The molecule has 38 valence electrons. The number of aliphatic hydroxyl groups excluding tert-OH is 1. The maximum atomic E-state index is 8.19. The van der Waals surface area contributed by atoms with Crippen molar-refractivity contribution >= 4 is 0 Å². The molecule has 0 aliphatic rings. The van der Waals surface area contributed by atoms with Crippen molar-refractivity contribution in [3.05, 3.63) is 13.8 Å². The van der Waals surface area contributed by atoms with E-state index >= 15 is 0 Å². The molecule has 0 amide bonds. The van der Waals surface area contributed by atoms with Crippen LogP contribution in [-0.4, -0.2) is 11.2 Å². The Morgan fingerprint density at radius 2 is 1.57 bits per heavy atom. The van der Waals surface area contributed by atoms with E-state index in [1.807, 2.05) is 0 Å². The van der Waals surface area contributed by atoms with Crippen molar-refractivity contribution in [2.75, 3.05) is 0 Å². The maximum Gasteiger partial charge on any atom is 0 e. The minimum atomic E-state index is -0.477. The van der Waals surface area contributed by atoms with Crippen LogP contribution in [0.3, 0.4) is 0 Å². The van der Waals surface area contributed by atoms with Gasteiger partial charge in [0.05, 0.1) is 0 Å². The van der Waals surface area contributed by atoms with Crippen LogP contribution < -0.4 is 0 Å². The molecule has 7 heavy (non-hydrogen) atoms. The smallest absolute Gasteiger partial charge is 0 e. The van der Waals surface area contributed by atoms with Crippen LogP contribution >= 0.6 is 0 Å². The van der Waals surface area contributed by atoms with Crippen molar-refractivity contribution in [3.8, 4) is 0 Å². The van der Waals surface area contributed by atoms with Gasteiger partial charge in [0.15, 0.2) is 0 Å². The van der Waals surface area contributed by atoms with Gasteiger partial charge in [-0.2, -0.15) is 6.42 Å². The largest absolute Gasteiger partial charge is 0.428 e. The van der Waals surface area contributed by atoms with E-state index in [0.717, 1.165) is 0 Å². The van der Waals surface area contributed by atoms with E-state index in [1.165, 1.54) is 0 Å². The number of hydrogen-bond acceptors (Lipinski definition) is 1. The molecule has 0 aromatic rings. The van der Waals surface area contributed by atoms with Crippen LogP contribution in [0.15, 0.2) is 0 Å². The molecule has 0 aliphatic heterocycles. The fourth-order valence-corrected chi connectivity index (χ4v) is 0. The molecule has 0 aliphatic carbocycles. The summed E-state index contributed by atoms with van der Waals surface area (Å²) in [5, 5.41) is 8.19. The Bertz CT molecular complexity index is 23.7. The molecule has 1 N–H and O–H groups in total. The minimum Gasteiger partial charge on any atom is -0.428 e. The molecule has 0 aromatic heterocycles. The van der Waals surface area contributed by atoms with Gasteiger partial charge in [-0.15, -0.1) is 0 Å². The summed E-state index contributed by atoms with van der Waals surface area (Å²) in [6.07, 6.45) is 0.0231. The second-order valence-electron chi connectivity index (χ2n) is 0.942. The monoisotopic (exact) mass is 250 g/mol. The van der Waals surface area contributed by atoms with Gasteiger partial charge in [-0.3, -0.25) is 0 Å². The van der Waals surface area contributed by atoms with E-state index in [4.69, 9.17) is 5.11 Å². The molecule has 0 saturated carbocycles. The fourth-order valence-electron chi connectivity index (χ4n) is 0. The normalized spacial score (nSPS) is 10.7. The van der Waals surface area contributed by atoms with Gasteiger partial charge in [-0.05, 0) is 0 Å². The van der Waals surface area contributed by atoms with Crippen LogP contribution in [0.1, 0.15) is 6.42 Å². The first-order valence-corrected chi connectivity index (χ1v) is 1.57. The SMILES string of the molecule is [CH2-]CC([CH2-])O.[Y].[Y]. The van der Waals surface area contributed by atoms with E-state index in [0.29, 0.717) is 6.42 Å². The Balaban J connectivity index is -0.0000000800. The fraction of sp³-hybridized carbons (Fsp3) is 0.500. The van der Waals surface area contributed by atoms with E-state index < -0.39 is 6.10 Å². The first-order valence-electron chi connectivity index (χ1n) is 1.57. The minimum absolute atomic E-state index is 0. The summed E-state index contributed by atoms with van der Waals surface area (Å²) >= 11 is 0. The molecule has 3 heteroatoms. The Morgan fingerprint density at radius 3 is 1.57 bits per heavy atom. The Kier molecular flexibility index (Phi) is 25.3. The molecule has 0 saturated heterocycles. The van der Waals surface area contributed by atoms with Crippen LogP contribution in [0, 0.1) is 13.8 Å². The van der Waals surface area contributed by atoms with Crippen molar-refractivity contribution in [3.63, 3.8) is 0 Å². The summed E-state index contributed by atoms with van der Waals surface area (Å²) in [5.74, 6) is 0. The first-order chi connectivity index (χ1) is 2.27. The number of aliphatic hydroxyl groups is 1. The molecule has 1 unspecified atom stereocenters. The summed E-state index contributed by atoms with van der Waals surface area (Å²) < 4.78 is 0. The molecule has 0 aromatic carbocycles. The van der Waals surface area contributed by atoms with E-state index in [2.05, 4.69) is 13.8 Å². The average molecular weight is 250 g/mol. The zero-order chi connectivity index (χ0) is 4.28. The van der Waals surface area contributed by atoms with Crippen molar-refractivity contribution in [1.82, 2.24) is 0 Å². The average Bonchev–Trinajstić information content (AvgIpc) is 1.38. The van der Waals surface area contributed by atoms with Crippen molar-refractivity contribution in [1.29, 1.82) is 0 Å². The molecule has 1 atom stereocenters. The Labute approximate surface area is 95.4 Å². The van der Waals surface area contributed by atoms with Crippen LogP contribution in [0.2, 0.25) is 0 Å². The van der Waals surface area contributed by atoms with Gasteiger partial charge in [-0.1, -0.05) is 6.10 Å². The summed E-state index contributed by atoms with van der Waals surface area (Å²) in [6, 6.07) is 0. The van der Waals surface area contributed by atoms with Gasteiger partial charge in [0.2, 0.25) is 0 Å². The van der Waals surface area contributed by atoms with Gasteiger partial charge >= 0.3 is 0 Å². The summed E-state index contributed by atoms with van der Waals surface area (Å²) in [4.78, 5) is 0. The molecule has 0 bridgehead atoms. The third kappa shape index (κ3) is 17.9. The second-order valence-corrected chi connectivity index (χ2v) is 0.942. The Hall–Kier alpha value is 2.17. The molecular weight excluding hydrogens is 242 g/mol. The zero-order valence-corrected chi connectivity index (χ0v) is 9.98. The summed E-state index contributed by atoms with van der Waals surface area (Å²) in [5.41, 5.74) is 0. The molecule has 0 fully saturated rings. The number of rotatable bonds is 1. The third-order valence-corrected chi connectivity index (χ3v) is 0.333. The third-order valence-electron chi connectivity index (χ3n) is 0.333. The van der Waals surface area contributed by atoms with Crippen molar-refractivity contribution in [2.45, 2.75) is 12.5 Å². The molecule has 0 spiro atoms. The van der Waals surface area contributed by atoms with Gasteiger partial charge in [-0.25, -0.2) is 0 Å². The van der Waals surface area contributed by atoms with Gasteiger partial charge in [0.1, 0.15) is 0 Å². The van der Waals surface area contributed by atoms with Crippen LogP contribution in [0.25, 0.3) is 0 Å². The zero-order valence-electron chi connectivity index (χ0n) is 4.30. The van der Waals surface area contributed by atoms with Crippen LogP contribution in [0.4, 0.5) is 0 Å². The summed E-state index contributed by atoms with van der Waals surface area (Å²) in [7, 11) is 0. The van der Waals surface area contributed by atoms with E-state index in [9.17, 15) is 0 Å². The van der Waals surface area contributed by atoms with Gasteiger partial charge in [0, 0.05) is 65.4 Å². The molecule has 0 rings (SSSR count). The first kappa shape index (κ1) is 16.1. The Morgan fingerprint density at radius 1 is 1.43 bits per heavy atom. The number of hydrogen-bond donors (Lipinski definition) is 1. The maximum absolute atomic E-state index is 8.19. The van der Waals surface area contributed by atoms with E-state index in [1.54, 1.807) is 0 Å². The van der Waals surface area contributed by atoms with Crippen LogP contribution in [0.5, 0.6) is 0 Å². The second kappa shape index (κ2) is 11.0. The predicted molar refractivity (Wildman–Crippen MR) is 21.3 cm³/mol. The quantitative estimate of drug-likeness (QED) is 0.668. The van der Waals surface area contributed by atoms with Gasteiger partial charge in [0.25, 0.3) is 0 Å². The molecule has 2 radical (unpaired) electrons. The molecular formula is C4H8OY2-2. The standard InChI is InChI=1S/C4H8O.2Y/c1-3-4(2)5;;/h4-5H,1-3H2;;/q-2;;. The van der Waals surface area contributed by atoms with Gasteiger partial charge < -0.3 is 19.0 Å². The predicted octanol–water partition coefficient (Wildman–Crippen LogP) is 0.401. The molecule has 1 nitrogen and oxygen atoms in total. The summed E-state index contributed by atoms with van der Waals surface area (Å²) in [6.45, 7) is 6.62. The van der Waals surface area contributed by atoms with E-state index in [-0.39, 0.29) is 65.4 Å². The van der Waals surface area contributed by atoms with Crippen LogP contribution in [-0.2, 0) is 65.4 Å². The topological polar surface area (TPSA) is 20.2 Å². The molecule has 0 heterocycles.